The maximum atomic E-state index is 10.7. The van der Waals surface area contributed by atoms with Gasteiger partial charge in [0.25, 0.3) is 0 Å². The summed E-state index contributed by atoms with van der Waals surface area (Å²) >= 11 is 0. The molecule has 0 saturated heterocycles. The molecule has 1 aliphatic rings. The molecule has 0 fully saturated rings. The molecule has 0 amide bonds. The van der Waals surface area contributed by atoms with Crippen LogP contribution in [-0.2, 0) is 4.79 Å². The second kappa shape index (κ2) is 4.17. The van der Waals surface area contributed by atoms with E-state index in [0.29, 0.717) is 12.3 Å². The minimum atomic E-state index is 0.358. The normalized spacial score (nSPS) is 18.0. The fourth-order valence-corrected chi connectivity index (χ4v) is 2.67. The molecule has 2 aromatic carbocycles. The van der Waals surface area contributed by atoms with Crippen molar-refractivity contribution in [3.63, 3.8) is 0 Å². The SMILES string of the molecule is O=CCC1CC=Cc2c1ccc1ccccc21. The first-order valence-electron chi connectivity index (χ1n) is 6.02. The number of hydrogen-bond donors (Lipinski definition) is 0. The average molecular weight is 222 g/mol. The first kappa shape index (κ1) is 10.3. The second-order valence-corrected chi connectivity index (χ2v) is 4.53. The summed E-state index contributed by atoms with van der Waals surface area (Å²) in [5.74, 6) is 0.358. The quantitative estimate of drug-likeness (QED) is 0.704. The standard InChI is InChI=1S/C16H14O/c17-11-10-13-5-3-7-16-14-6-2-1-4-12(14)8-9-15(13)16/h1-4,6-9,11,13H,5,10H2. The Balaban J connectivity index is 2.23. The van der Waals surface area contributed by atoms with E-state index in [-0.39, 0.29) is 0 Å². The Labute approximate surface area is 101 Å². The predicted octanol–water partition coefficient (Wildman–Crippen LogP) is 3.93. The summed E-state index contributed by atoms with van der Waals surface area (Å²) in [6, 6.07) is 12.7. The number of rotatable bonds is 2. The number of allylic oxidation sites excluding steroid dienone is 1. The van der Waals surface area contributed by atoms with E-state index in [0.717, 1.165) is 12.7 Å². The number of benzene rings is 2. The van der Waals surface area contributed by atoms with Crippen molar-refractivity contribution < 1.29 is 4.79 Å². The van der Waals surface area contributed by atoms with Crippen molar-refractivity contribution in [1.82, 2.24) is 0 Å². The van der Waals surface area contributed by atoms with Crippen molar-refractivity contribution in [3.05, 3.63) is 53.6 Å². The number of carbonyl (C=O) groups excluding carboxylic acids is 1. The zero-order valence-corrected chi connectivity index (χ0v) is 9.60. The Bertz CT molecular complexity index is 595. The van der Waals surface area contributed by atoms with Crippen LogP contribution in [0.25, 0.3) is 16.8 Å². The molecule has 1 heteroatoms. The van der Waals surface area contributed by atoms with Gasteiger partial charge in [-0.2, -0.15) is 0 Å². The topological polar surface area (TPSA) is 17.1 Å². The van der Waals surface area contributed by atoms with Crippen LogP contribution in [0.3, 0.4) is 0 Å². The molecule has 3 rings (SSSR count). The van der Waals surface area contributed by atoms with Gasteiger partial charge >= 0.3 is 0 Å². The number of fused-ring (bicyclic) bond motifs is 3. The molecule has 0 heterocycles. The Kier molecular flexibility index (Phi) is 2.52. The summed E-state index contributed by atoms with van der Waals surface area (Å²) < 4.78 is 0. The third-order valence-corrected chi connectivity index (χ3v) is 3.53. The lowest BCUT2D eigenvalue weighted by Gasteiger charge is -2.21. The average Bonchev–Trinajstić information content (AvgIpc) is 2.39. The van der Waals surface area contributed by atoms with Gasteiger partial charge in [-0.15, -0.1) is 0 Å². The fraction of sp³-hybridized carbons (Fsp3) is 0.188. The van der Waals surface area contributed by atoms with Gasteiger partial charge in [0.1, 0.15) is 6.29 Å². The van der Waals surface area contributed by atoms with Crippen LogP contribution in [0.2, 0.25) is 0 Å². The molecule has 0 aliphatic heterocycles. The van der Waals surface area contributed by atoms with Gasteiger partial charge in [-0.3, -0.25) is 0 Å². The smallest absolute Gasteiger partial charge is 0.120 e. The van der Waals surface area contributed by atoms with Gasteiger partial charge in [0, 0.05) is 6.42 Å². The highest BCUT2D eigenvalue weighted by atomic mass is 16.1. The van der Waals surface area contributed by atoms with Gasteiger partial charge in [-0.25, -0.2) is 0 Å². The van der Waals surface area contributed by atoms with Gasteiger partial charge in [-0.05, 0) is 34.2 Å². The molecule has 0 N–H and O–H groups in total. The Morgan fingerprint density at radius 2 is 2.06 bits per heavy atom. The number of carbonyl (C=O) groups is 1. The highest BCUT2D eigenvalue weighted by Gasteiger charge is 2.17. The van der Waals surface area contributed by atoms with E-state index >= 15 is 0 Å². The van der Waals surface area contributed by atoms with Crippen molar-refractivity contribution in [2.75, 3.05) is 0 Å². The molecule has 1 nitrogen and oxygen atoms in total. The van der Waals surface area contributed by atoms with Gasteiger partial charge in [-0.1, -0.05) is 48.6 Å². The summed E-state index contributed by atoms with van der Waals surface area (Å²) in [7, 11) is 0. The molecule has 0 aromatic heterocycles. The fourth-order valence-electron chi connectivity index (χ4n) is 2.67. The molecular formula is C16H14O. The van der Waals surface area contributed by atoms with Crippen LogP contribution >= 0.6 is 0 Å². The van der Waals surface area contributed by atoms with Crippen LogP contribution in [0, 0.1) is 0 Å². The number of aldehydes is 1. The molecule has 0 saturated carbocycles. The third-order valence-electron chi connectivity index (χ3n) is 3.53. The van der Waals surface area contributed by atoms with Crippen LogP contribution in [0.4, 0.5) is 0 Å². The summed E-state index contributed by atoms with van der Waals surface area (Å²) in [5, 5.41) is 2.56. The van der Waals surface area contributed by atoms with E-state index < -0.39 is 0 Å². The molecule has 0 spiro atoms. The van der Waals surface area contributed by atoms with E-state index in [1.165, 1.54) is 21.9 Å². The largest absolute Gasteiger partial charge is 0.303 e. The maximum Gasteiger partial charge on any atom is 0.120 e. The van der Waals surface area contributed by atoms with Crippen molar-refractivity contribution in [3.8, 4) is 0 Å². The molecule has 1 atom stereocenters. The van der Waals surface area contributed by atoms with Gasteiger partial charge in [0.15, 0.2) is 0 Å². The monoisotopic (exact) mass is 222 g/mol. The van der Waals surface area contributed by atoms with Gasteiger partial charge in [0.05, 0.1) is 0 Å². The molecular weight excluding hydrogens is 208 g/mol. The predicted molar refractivity (Wildman–Crippen MR) is 71.0 cm³/mol. The first-order chi connectivity index (χ1) is 8.40. The minimum Gasteiger partial charge on any atom is -0.303 e. The molecule has 1 aliphatic carbocycles. The summed E-state index contributed by atoms with van der Waals surface area (Å²) in [6.45, 7) is 0. The number of hydrogen-bond acceptors (Lipinski definition) is 1. The zero-order valence-electron chi connectivity index (χ0n) is 9.60. The maximum absolute atomic E-state index is 10.7. The van der Waals surface area contributed by atoms with E-state index in [2.05, 4.69) is 48.6 Å². The Morgan fingerprint density at radius 1 is 1.18 bits per heavy atom. The highest BCUT2D eigenvalue weighted by molar-refractivity contribution is 5.92. The minimum absolute atomic E-state index is 0.358. The van der Waals surface area contributed by atoms with Crippen LogP contribution in [0.5, 0.6) is 0 Å². The Morgan fingerprint density at radius 3 is 2.94 bits per heavy atom. The third kappa shape index (κ3) is 1.68. The van der Waals surface area contributed by atoms with Crippen LogP contribution in [0.1, 0.15) is 29.9 Å². The van der Waals surface area contributed by atoms with E-state index in [9.17, 15) is 4.79 Å². The lowest BCUT2D eigenvalue weighted by molar-refractivity contribution is -0.108. The molecule has 1 unspecified atom stereocenters. The summed E-state index contributed by atoms with van der Waals surface area (Å²) in [6.07, 6.45) is 7.00. The molecule has 17 heavy (non-hydrogen) atoms. The van der Waals surface area contributed by atoms with Crippen molar-refractivity contribution in [2.24, 2.45) is 0 Å². The van der Waals surface area contributed by atoms with Crippen molar-refractivity contribution >= 4 is 23.1 Å². The van der Waals surface area contributed by atoms with Crippen molar-refractivity contribution in [2.45, 2.75) is 18.8 Å². The van der Waals surface area contributed by atoms with E-state index in [1.807, 2.05) is 0 Å². The van der Waals surface area contributed by atoms with Crippen LogP contribution in [0.15, 0.2) is 42.5 Å². The lowest BCUT2D eigenvalue weighted by atomic mass is 9.83. The molecule has 0 bridgehead atoms. The van der Waals surface area contributed by atoms with Crippen LogP contribution in [-0.4, -0.2) is 6.29 Å². The molecule has 0 radical (unpaired) electrons. The Hall–Kier alpha value is -1.89. The van der Waals surface area contributed by atoms with Gasteiger partial charge < -0.3 is 4.79 Å². The highest BCUT2D eigenvalue weighted by Crippen LogP contribution is 2.35. The molecule has 2 aromatic rings. The second-order valence-electron chi connectivity index (χ2n) is 4.53. The van der Waals surface area contributed by atoms with Crippen LogP contribution < -0.4 is 0 Å². The summed E-state index contributed by atoms with van der Waals surface area (Å²) in [5.41, 5.74) is 2.61. The van der Waals surface area contributed by atoms with Gasteiger partial charge in [0.2, 0.25) is 0 Å². The lowest BCUT2D eigenvalue weighted by Crippen LogP contribution is -2.04. The van der Waals surface area contributed by atoms with E-state index in [4.69, 9.17) is 0 Å². The molecule has 84 valence electrons. The van der Waals surface area contributed by atoms with E-state index in [1.54, 1.807) is 0 Å². The summed E-state index contributed by atoms with van der Waals surface area (Å²) in [4.78, 5) is 10.7. The zero-order chi connectivity index (χ0) is 11.7. The van der Waals surface area contributed by atoms with Crippen molar-refractivity contribution in [1.29, 1.82) is 0 Å². The first-order valence-corrected chi connectivity index (χ1v) is 6.02.